The van der Waals surface area contributed by atoms with Crippen molar-refractivity contribution in [1.29, 1.82) is 0 Å². The lowest BCUT2D eigenvalue weighted by Gasteiger charge is -2.30. The zero-order chi connectivity index (χ0) is 25.9. The SMILES string of the molecule is O=C(NCCN1C(=O)SC(=Cc2ccccc2F)C1=O)C1CCN(S(=O)(=O)c2ccccc2F)CC1. The molecule has 190 valence electrons. The van der Waals surface area contributed by atoms with Crippen molar-refractivity contribution >= 4 is 44.9 Å². The number of thioether (sulfide) groups is 1. The molecule has 2 aromatic rings. The third-order valence-corrected chi connectivity index (χ3v) is 8.82. The number of carbonyl (C=O) groups excluding carboxylic acids is 3. The van der Waals surface area contributed by atoms with Gasteiger partial charge in [0.25, 0.3) is 11.1 Å². The number of nitrogens with zero attached hydrogens (tertiary/aromatic N) is 2. The number of carbonyl (C=O) groups is 3. The number of sulfonamides is 1. The van der Waals surface area contributed by atoms with E-state index in [2.05, 4.69) is 5.32 Å². The number of rotatable bonds is 7. The van der Waals surface area contributed by atoms with E-state index in [-0.39, 0.29) is 55.4 Å². The number of piperidine rings is 1. The van der Waals surface area contributed by atoms with Crippen molar-refractivity contribution in [3.8, 4) is 0 Å². The number of amides is 3. The molecule has 0 bridgehead atoms. The van der Waals surface area contributed by atoms with E-state index in [0.717, 1.165) is 15.3 Å². The summed E-state index contributed by atoms with van der Waals surface area (Å²) in [6, 6.07) is 11.0. The van der Waals surface area contributed by atoms with Gasteiger partial charge in [0.05, 0.1) is 4.91 Å². The monoisotopic (exact) mass is 535 g/mol. The van der Waals surface area contributed by atoms with Crippen LogP contribution < -0.4 is 5.32 Å². The van der Waals surface area contributed by atoms with E-state index >= 15 is 0 Å². The van der Waals surface area contributed by atoms with E-state index < -0.39 is 43.6 Å². The van der Waals surface area contributed by atoms with Crippen molar-refractivity contribution in [1.82, 2.24) is 14.5 Å². The number of benzene rings is 2. The molecule has 0 saturated carbocycles. The van der Waals surface area contributed by atoms with E-state index in [9.17, 15) is 31.6 Å². The van der Waals surface area contributed by atoms with Crippen molar-refractivity contribution in [3.05, 3.63) is 70.6 Å². The number of nitrogens with one attached hydrogen (secondary N) is 1. The Labute approximate surface area is 211 Å². The molecule has 0 radical (unpaired) electrons. The minimum atomic E-state index is -4.00. The second-order valence-electron chi connectivity index (χ2n) is 8.25. The molecular weight excluding hydrogens is 512 g/mol. The van der Waals surface area contributed by atoms with E-state index in [0.29, 0.717) is 11.8 Å². The molecule has 0 spiro atoms. The van der Waals surface area contributed by atoms with Crippen molar-refractivity contribution < 1.29 is 31.6 Å². The largest absolute Gasteiger partial charge is 0.354 e. The second-order valence-corrected chi connectivity index (χ2v) is 11.2. The molecule has 0 aliphatic carbocycles. The summed E-state index contributed by atoms with van der Waals surface area (Å²) in [4.78, 5) is 38.1. The van der Waals surface area contributed by atoms with Crippen LogP contribution in [-0.2, 0) is 19.6 Å². The molecular formula is C24H23F2N3O5S2. The molecule has 0 unspecified atom stereocenters. The first-order valence-electron chi connectivity index (χ1n) is 11.2. The standard InChI is InChI=1S/C24H23F2N3O5S2/c25-18-6-2-1-5-17(18)15-20-23(31)29(24(32)35-20)14-11-27-22(30)16-9-12-28(13-10-16)36(33,34)21-8-4-3-7-19(21)26/h1-8,15-16H,9-14H2,(H,27,30). The summed E-state index contributed by atoms with van der Waals surface area (Å²) in [7, 11) is -4.00. The quantitative estimate of drug-likeness (QED) is 0.546. The van der Waals surface area contributed by atoms with Gasteiger partial charge < -0.3 is 5.32 Å². The van der Waals surface area contributed by atoms with Crippen molar-refractivity contribution in [2.45, 2.75) is 17.7 Å². The molecule has 2 saturated heterocycles. The fourth-order valence-electron chi connectivity index (χ4n) is 4.01. The molecule has 2 aromatic carbocycles. The molecule has 3 amide bonds. The molecule has 2 aliphatic rings. The van der Waals surface area contributed by atoms with Crippen molar-refractivity contribution in [2.24, 2.45) is 5.92 Å². The van der Waals surface area contributed by atoms with Gasteiger partial charge in [-0.25, -0.2) is 17.2 Å². The number of halogens is 2. The average Bonchev–Trinajstić information content (AvgIpc) is 3.13. The first-order valence-corrected chi connectivity index (χ1v) is 13.5. The lowest BCUT2D eigenvalue weighted by atomic mass is 9.97. The Morgan fingerprint density at radius 2 is 1.67 bits per heavy atom. The Morgan fingerprint density at radius 3 is 2.33 bits per heavy atom. The summed E-state index contributed by atoms with van der Waals surface area (Å²) in [5, 5.41) is 2.18. The van der Waals surface area contributed by atoms with Gasteiger partial charge in [0, 0.05) is 37.7 Å². The predicted octanol–water partition coefficient (Wildman–Crippen LogP) is 3.22. The molecule has 8 nitrogen and oxygen atoms in total. The van der Waals surface area contributed by atoms with Gasteiger partial charge in [-0.3, -0.25) is 19.3 Å². The van der Waals surface area contributed by atoms with Crippen LogP contribution in [0.5, 0.6) is 0 Å². The van der Waals surface area contributed by atoms with Gasteiger partial charge in [0.15, 0.2) is 0 Å². The van der Waals surface area contributed by atoms with Gasteiger partial charge in [-0.1, -0.05) is 30.3 Å². The fourth-order valence-corrected chi connectivity index (χ4v) is 6.40. The van der Waals surface area contributed by atoms with Crippen LogP contribution >= 0.6 is 11.8 Å². The van der Waals surface area contributed by atoms with Crippen LogP contribution in [0.25, 0.3) is 6.08 Å². The maximum atomic E-state index is 14.0. The number of imide groups is 1. The van der Waals surface area contributed by atoms with Crippen LogP contribution in [-0.4, -0.2) is 60.9 Å². The highest BCUT2D eigenvalue weighted by atomic mass is 32.2. The minimum Gasteiger partial charge on any atom is -0.354 e. The molecule has 2 aliphatic heterocycles. The lowest BCUT2D eigenvalue weighted by molar-refractivity contribution is -0.127. The van der Waals surface area contributed by atoms with Crippen LogP contribution in [0.4, 0.5) is 13.6 Å². The first kappa shape index (κ1) is 26.0. The molecule has 2 fully saturated rings. The van der Waals surface area contributed by atoms with Gasteiger partial charge in [-0.05, 0) is 48.9 Å². The molecule has 0 atom stereocenters. The summed E-state index contributed by atoms with van der Waals surface area (Å²) in [5.74, 6) is -2.66. The van der Waals surface area contributed by atoms with E-state index in [1.165, 1.54) is 42.5 Å². The molecule has 1 N–H and O–H groups in total. The van der Waals surface area contributed by atoms with Crippen LogP contribution in [0.1, 0.15) is 18.4 Å². The highest BCUT2D eigenvalue weighted by Gasteiger charge is 2.36. The lowest BCUT2D eigenvalue weighted by Crippen LogP contribution is -2.44. The third-order valence-electron chi connectivity index (χ3n) is 5.98. The molecule has 0 aromatic heterocycles. The summed E-state index contributed by atoms with van der Waals surface area (Å²) in [6.07, 6.45) is 1.83. The zero-order valence-corrected chi connectivity index (χ0v) is 20.7. The fraction of sp³-hybridized carbons (Fsp3) is 0.292. The highest BCUT2D eigenvalue weighted by Crippen LogP contribution is 2.32. The van der Waals surface area contributed by atoms with Gasteiger partial charge >= 0.3 is 0 Å². The molecule has 36 heavy (non-hydrogen) atoms. The summed E-state index contributed by atoms with van der Waals surface area (Å²) < 4.78 is 54.4. The van der Waals surface area contributed by atoms with E-state index in [4.69, 9.17) is 0 Å². The topological polar surface area (TPSA) is 104 Å². The summed E-state index contributed by atoms with van der Waals surface area (Å²) in [6.45, 7) is 0.112. The number of hydrogen-bond acceptors (Lipinski definition) is 6. The minimum absolute atomic E-state index is 0.0254. The van der Waals surface area contributed by atoms with Gasteiger partial charge in [-0.15, -0.1) is 0 Å². The predicted molar refractivity (Wildman–Crippen MR) is 130 cm³/mol. The molecule has 4 rings (SSSR count). The Balaban J connectivity index is 1.27. The average molecular weight is 536 g/mol. The molecule has 12 heteroatoms. The van der Waals surface area contributed by atoms with Gasteiger partial charge in [-0.2, -0.15) is 4.31 Å². The van der Waals surface area contributed by atoms with E-state index in [1.807, 2.05) is 0 Å². The first-order chi connectivity index (χ1) is 17.2. The Morgan fingerprint density at radius 1 is 1.03 bits per heavy atom. The van der Waals surface area contributed by atoms with Gasteiger partial charge in [0.2, 0.25) is 15.9 Å². The van der Waals surface area contributed by atoms with Gasteiger partial charge in [0.1, 0.15) is 16.5 Å². The van der Waals surface area contributed by atoms with Crippen molar-refractivity contribution in [3.63, 3.8) is 0 Å². The second kappa shape index (κ2) is 10.9. The van der Waals surface area contributed by atoms with E-state index in [1.54, 1.807) is 6.07 Å². The smallest absolute Gasteiger partial charge is 0.293 e. The Kier molecular flexibility index (Phi) is 7.86. The van der Waals surface area contributed by atoms with Crippen LogP contribution in [0.15, 0.2) is 58.3 Å². The maximum Gasteiger partial charge on any atom is 0.293 e. The summed E-state index contributed by atoms with van der Waals surface area (Å²) in [5.41, 5.74) is 0.194. The third kappa shape index (κ3) is 5.50. The molecule has 2 heterocycles. The summed E-state index contributed by atoms with van der Waals surface area (Å²) >= 11 is 0.704. The normalized spacial score (nSPS) is 18.7. The highest BCUT2D eigenvalue weighted by molar-refractivity contribution is 8.18. The number of hydrogen-bond donors (Lipinski definition) is 1. The van der Waals surface area contributed by atoms with Crippen molar-refractivity contribution in [2.75, 3.05) is 26.2 Å². The van der Waals surface area contributed by atoms with Crippen LogP contribution in [0.3, 0.4) is 0 Å². The van der Waals surface area contributed by atoms with Crippen LogP contribution in [0, 0.1) is 17.6 Å². The zero-order valence-electron chi connectivity index (χ0n) is 19.0. The van der Waals surface area contributed by atoms with Crippen LogP contribution in [0.2, 0.25) is 0 Å². The maximum absolute atomic E-state index is 14.0. The Bertz CT molecular complexity index is 1320. The Hall–Kier alpha value is -3.09.